The number of hydrogen-bond donors (Lipinski definition) is 1. The Labute approximate surface area is 190 Å². The van der Waals surface area contributed by atoms with Crippen LogP contribution in [0.2, 0.25) is 0 Å². The summed E-state index contributed by atoms with van der Waals surface area (Å²) in [5.74, 6) is -0.372. The van der Waals surface area contributed by atoms with Gasteiger partial charge in [0.2, 0.25) is 5.91 Å². The van der Waals surface area contributed by atoms with Gasteiger partial charge >= 0.3 is 5.97 Å². The fourth-order valence-electron chi connectivity index (χ4n) is 2.88. The molecular formula is C24H24N2O5S. The van der Waals surface area contributed by atoms with Crippen LogP contribution >= 0.6 is 11.8 Å². The van der Waals surface area contributed by atoms with Crippen molar-refractivity contribution in [2.75, 3.05) is 17.7 Å². The minimum atomic E-state index is -0.970. The molecule has 166 valence electrons. The molecule has 32 heavy (non-hydrogen) atoms. The second-order valence-corrected chi connectivity index (χ2v) is 7.94. The first kappa shape index (κ1) is 23.1. The molecule has 0 aliphatic heterocycles. The summed E-state index contributed by atoms with van der Waals surface area (Å²) in [5.41, 5.74) is 1.01. The number of thioether (sulfide) groups is 1. The molecular weight excluding hydrogens is 428 g/mol. The van der Waals surface area contributed by atoms with Crippen molar-refractivity contribution >= 4 is 35.2 Å². The van der Waals surface area contributed by atoms with Crippen LogP contribution in [0.25, 0.3) is 0 Å². The number of carbonyl (C=O) groups is 3. The molecule has 3 aromatic rings. The number of ether oxygens (including phenoxy) is 1. The van der Waals surface area contributed by atoms with E-state index in [1.165, 1.54) is 23.6 Å². The van der Waals surface area contributed by atoms with Crippen molar-refractivity contribution in [1.29, 1.82) is 0 Å². The Kier molecular flexibility index (Phi) is 8.10. The predicted octanol–water partition coefficient (Wildman–Crippen LogP) is 3.90. The lowest BCUT2D eigenvalue weighted by atomic mass is 10.2. The van der Waals surface area contributed by atoms with Gasteiger partial charge in [0.1, 0.15) is 5.76 Å². The molecule has 1 N–H and O–H groups in total. The number of hydrogen-bond acceptors (Lipinski definition) is 6. The molecule has 0 aliphatic rings. The summed E-state index contributed by atoms with van der Waals surface area (Å²) in [6, 6.07) is 19.5. The second-order valence-electron chi connectivity index (χ2n) is 6.92. The Morgan fingerprint density at radius 3 is 2.47 bits per heavy atom. The highest BCUT2D eigenvalue weighted by Crippen LogP contribution is 2.24. The number of likely N-dealkylation sites (N-methyl/N-ethyl adjacent to an activating group) is 1. The molecule has 1 aromatic heterocycles. The highest BCUT2D eigenvalue weighted by molar-refractivity contribution is 8.00. The first-order valence-electron chi connectivity index (χ1n) is 10.00. The number of carbonyl (C=O) groups excluding carboxylic acids is 3. The monoisotopic (exact) mass is 452 g/mol. The Hall–Kier alpha value is -3.52. The fourth-order valence-corrected chi connectivity index (χ4v) is 3.75. The minimum Gasteiger partial charge on any atom is -0.467 e. The largest absolute Gasteiger partial charge is 0.467 e. The molecule has 0 unspecified atom stereocenters. The number of benzene rings is 2. The lowest BCUT2D eigenvalue weighted by Crippen LogP contribution is -2.37. The molecule has 1 atom stereocenters. The standard InChI is InChI=1S/C24H24N2O5S/c1-17(23(28)26(2)18-9-4-3-5-10-18)31-24(29)20-12-6-7-13-21(20)32-16-22(27)25-15-19-11-8-14-30-19/h3-14,17H,15-16H2,1-2H3,(H,25,27)/t17-/m1/s1. The molecule has 0 saturated carbocycles. The Bertz CT molecular complexity index is 1050. The van der Waals surface area contributed by atoms with Crippen LogP contribution in [0.5, 0.6) is 0 Å². The Balaban J connectivity index is 1.57. The van der Waals surface area contributed by atoms with Crippen molar-refractivity contribution in [3.8, 4) is 0 Å². The van der Waals surface area contributed by atoms with Gasteiger partial charge in [0.15, 0.2) is 6.10 Å². The third-order valence-electron chi connectivity index (χ3n) is 4.61. The molecule has 0 bridgehead atoms. The van der Waals surface area contributed by atoms with Crippen molar-refractivity contribution in [1.82, 2.24) is 5.32 Å². The maximum atomic E-state index is 12.7. The number of anilines is 1. The number of nitrogens with one attached hydrogen (secondary N) is 1. The average Bonchev–Trinajstić information content (AvgIpc) is 3.35. The van der Waals surface area contributed by atoms with Crippen LogP contribution in [-0.2, 0) is 20.9 Å². The molecule has 8 heteroatoms. The topological polar surface area (TPSA) is 88.9 Å². The maximum Gasteiger partial charge on any atom is 0.340 e. The first-order chi connectivity index (χ1) is 15.5. The van der Waals surface area contributed by atoms with E-state index >= 15 is 0 Å². The fraction of sp³-hybridized carbons (Fsp3) is 0.208. The zero-order valence-corrected chi connectivity index (χ0v) is 18.6. The highest BCUT2D eigenvalue weighted by atomic mass is 32.2. The van der Waals surface area contributed by atoms with Crippen LogP contribution < -0.4 is 10.2 Å². The van der Waals surface area contributed by atoms with Crippen LogP contribution in [-0.4, -0.2) is 36.7 Å². The quantitative estimate of drug-likeness (QED) is 0.391. The van der Waals surface area contributed by atoms with Gasteiger partial charge in [0.05, 0.1) is 24.1 Å². The van der Waals surface area contributed by atoms with E-state index < -0.39 is 12.1 Å². The minimum absolute atomic E-state index is 0.121. The number of para-hydroxylation sites is 1. The zero-order chi connectivity index (χ0) is 22.9. The smallest absolute Gasteiger partial charge is 0.340 e. The molecule has 0 radical (unpaired) electrons. The van der Waals surface area contributed by atoms with E-state index in [4.69, 9.17) is 9.15 Å². The zero-order valence-electron chi connectivity index (χ0n) is 17.8. The third kappa shape index (κ3) is 6.24. The van der Waals surface area contributed by atoms with Gasteiger partial charge < -0.3 is 19.4 Å². The van der Waals surface area contributed by atoms with Gasteiger partial charge in [-0.15, -0.1) is 11.8 Å². The summed E-state index contributed by atoms with van der Waals surface area (Å²) in [7, 11) is 1.63. The van der Waals surface area contributed by atoms with Crippen molar-refractivity contribution in [2.45, 2.75) is 24.5 Å². The number of rotatable bonds is 9. The number of esters is 1. The van der Waals surface area contributed by atoms with Crippen LogP contribution in [0, 0.1) is 0 Å². The summed E-state index contributed by atoms with van der Waals surface area (Å²) >= 11 is 1.22. The van der Waals surface area contributed by atoms with Crippen molar-refractivity contribution in [3.63, 3.8) is 0 Å². The molecule has 7 nitrogen and oxygen atoms in total. The normalized spacial score (nSPS) is 11.4. The van der Waals surface area contributed by atoms with Gasteiger partial charge in [0, 0.05) is 17.6 Å². The molecule has 3 rings (SSSR count). The molecule has 0 spiro atoms. The summed E-state index contributed by atoms with van der Waals surface area (Å²) in [4.78, 5) is 39.6. The van der Waals surface area contributed by atoms with Crippen LogP contribution in [0.3, 0.4) is 0 Å². The lowest BCUT2D eigenvalue weighted by Gasteiger charge is -2.22. The van der Waals surface area contributed by atoms with Crippen molar-refractivity contribution < 1.29 is 23.5 Å². The third-order valence-corrected chi connectivity index (χ3v) is 5.68. The van der Waals surface area contributed by atoms with Gasteiger partial charge in [-0.05, 0) is 43.3 Å². The molecule has 0 saturated heterocycles. The molecule has 2 amide bonds. The Morgan fingerprint density at radius 1 is 1.03 bits per heavy atom. The van der Waals surface area contributed by atoms with Gasteiger partial charge in [0.25, 0.3) is 5.91 Å². The highest BCUT2D eigenvalue weighted by Gasteiger charge is 2.24. The summed E-state index contributed by atoms with van der Waals surface area (Å²) in [6.45, 7) is 1.84. The van der Waals surface area contributed by atoms with E-state index in [9.17, 15) is 14.4 Å². The van der Waals surface area contributed by atoms with Crippen molar-refractivity contribution in [2.24, 2.45) is 0 Å². The number of furan rings is 1. The average molecular weight is 453 g/mol. The SMILES string of the molecule is C[C@@H](OC(=O)c1ccccc1SCC(=O)NCc1ccco1)C(=O)N(C)c1ccccc1. The van der Waals surface area contributed by atoms with E-state index in [-0.39, 0.29) is 17.6 Å². The van der Waals surface area contributed by atoms with Gasteiger partial charge in [-0.1, -0.05) is 30.3 Å². The Morgan fingerprint density at radius 2 is 1.75 bits per heavy atom. The second kappa shape index (κ2) is 11.2. The van der Waals surface area contributed by atoms with Gasteiger partial charge in [-0.3, -0.25) is 9.59 Å². The van der Waals surface area contributed by atoms with E-state index in [2.05, 4.69) is 5.32 Å². The van der Waals surface area contributed by atoms with Gasteiger partial charge in [-0.25, -0.2) is 4.79 Å². The lowest BCUT2D eigenvalue weighted by molar-refractivity contribution is -0.126. The van der Waals surface area contributed by atoms with Crippen molar-refractivity contribution in [3.05, 3.63) is 84.3 Å². The summed E-state index contributed by atoms with van der Waals surface area (Å²) in [6.07, 6.45) is 0.573. The summed E-state index contributed by atoms with van der Waals surface area (Å²) in [5, 5.41) is 2.76. The van der Waals surface area contributed by atoms with Gasteiger partial charge in [-0.2, -0.15) is 0 Å². The maximum absolute atomic E-state index is 12.7. The van der Waals surface area contributed by atoms with Crippen LogP contribution in [0.15, 0.2) is 82.3 Å². The number of nitrogens with zero attached hydrogens (tertiary/aromatic N) is 1. The number of amides is 2. The first-order valence-corrected chi connectivity index (χ1v) is 11.0. The molecule has 2 aromatic carbocycles. The van der Waals surface area contributed by atoms with Crippen LogP contribution in [0.1, 0.15) is 23.0 Å². The van der Waals surface area contributed by atoms with E-state index in [0.717, 1.165) is 0 Å². The van der Waals surface area contributed by atoms with E-state index in [0.29, 0.717) is 28.5 Å². The molecule has 0 aliphatic carbocycles. The summed E-state index contributed by atoms with van der Waals surface area (Å²) < 4.78 is 10.6. The predicted molar refractivity (Wildman–Crippen MR) is 122 cm³/mol. The molecule has 0 fully saturated rings. The van der Waals surface area contributed by atoms with E-state index in [1.54, 1.807) is 61.8 Å². The van der Waals surface area contributed by atoms with Crippen LogP contribution in [0.4, 0.5) is 5.69 Å². The van der Waals surface area contributed by atoms with E-state index in [1.807, 2.05) is 18.2 Å². The molecule has 1 heterocycles.